The fraction of sp³-hybridized carbons (Fsp3) is 0.571. The van der Waals surface area contributed by atoms with Gasteiger partial charge in [0.2, 0.25) is 0 Å². The van der Waals surface area contributed by atoms with Crippen LogP contribution in [0.3, 0.4) is 0 Å². The predicted molar refractivity (Wildman–Crippen MR) is 70.5 cm³/mol. The van der Waals surface area contributed by atoms with Gasteiger partial charge in [0, 0.05) is 37.4 Å². The summed E-state index contributed by atoms with van der Waals surface area (Å²) in [6.07, 6.45) is -0.228. The summed E-state index contributed by atoms with van der Waals surface area (Å²) < 4.78 is 11.0. The fourth-order valence-corrected chi connectivity index (χ4v) is 2.42. The first-order valence-corrected chi connectivity index (χ1v) is 6.57. The molecule has 0 amide bonds. The van der Waals surface area contributed by atoms with Gasteiger partial charge in [-0.15, -0.1) is 0 Å². The van der Waals surface area contributed by atoms with E-state index in [0.29, 0.717) is 0 Å². The Morgan fingerprint density at radius 3 is 2.17 bits per heavy atom. The first-order valence-electron chi connectivity index (χ1n) is 6.57. The van der Waals surface area contributed by atoms with Crippen molar-refractivity contribution in [2.45, 2.75) is 19.5 Å². The second-order valence-corrected chi connectivity index (χ2v) is 5.05. The molecule has 1 aromatic carbocycles. The average Bonchev–Trinajstić information content (AvgIpc) is 2.36. The van der Waals surface area contributed by atoms with E-state index in [2.05, 4.69) is 41.1 Å². The van der Waals surface area contributed by atoms with Gasteiger partial charge < -0.3 is 19.3 Å². The minimum atomic E-state index is -0.165. The maximum Gasteiger partial charge on any atom is 0.189 e. The molecule has 1 aromatic rings. The monoisotopic (exact) mass is 248 g/mol. The van der Waals surface area contributed by atoms with Crippen LogP contribution < -0.4 is 4.90 Å². The van der Waals surface area contributed by atoms with Gasteiger partial charge in [-0.25, -0.2) is 0 Å². The van der Waals surface area contributed by atoms with E-state index in [1.165, 1.54) is 5.69 Å². The number of piperazine rings is 1. The van der Waals surface area contributed by atoms with Crippen LogP contribution in [-0.2, 0) is 9.47 Å². The Bertz CT molecular complexity index is 393. The van der Waals surface area contributed by atoms with E-state index in [9.17, 15) is 0 Å². The van der Waals surface area contributed by atoms with Crippen LogP contribution in [0.5, 0.6) is 0 Å². The van der Waals surface area contributed by atoms with E-state index in [1.54, 1.807) is 0 Å². The second kappa shape index (κ2) is 4.88. The molecule has 2 heterocycles. The summed E-state index contributed by atoms with van der Waals surface area (Å²) in [7, 11) is 2.17. The highest BCUT2D eigenvalue weighted by Gasteiger charge is 2.28. The summed E-state index contributed by atoms with van der Waals surface area (Å²) in [6.45, 7) is 6.38. The van der Waals surface area contributed by atoms with E-state index in [4.69, 9.17) is 9.47 Å². The molecule has 2 aliphatic heterocycles. The molecule has 18 heavy (non-hydrogen) atoms. The van der Waals surface area contributed by atoms with E-state index in [1.807, 2.05) is 6.92 Å². The summed E-state index contributed by atoms with van der Waals surface area (Å²) in [5, 5.41) is 0. The molecule has 3 rings (SSSR count). The first kappa shape index (κ1) is 12.0. The Labute approximate surface area is 108 Å². The van der Waals surface area contributed by atoms with Gasteiger partial charge in [0.1, 0.15) is 0 Å². The maximum absolute atomic E-state index is 5.48. The minimum Gasteiger partial charge on any atom is -0.369 e. The predicted octanol–water partition coefficient (Wildman–Crippen LogP) is 1.83. The Kier molecular flexibility index (Phi) is 3.24. The van der Waals surface area contributed by atoms with Crippen LogP contribution in [0.4, 0.5) is 5.69 Å². The summed E-state index contributed by atoms with van der Waals surface area (Å²) in [6, 6.07) is 8.53. The highest BCUT2D eigenvalue weighted by Crippen LogP contribution is 2.32. The molecule has 0 spiro atoms. The number of benzene rings is 1. The standard InChI is InChI=1S/C14H20N2O2/c1-11-17-14(18-11)12-3-5-13(6-4-12)16-9-7-15(2)8-10-16/h3-6,11,14H,7-10H2,1-2H3. The van der Waals surface area contributed by atoms with Crippen LogP contribution in [0.15, 0.2) is 24.3 Å². The van der Waals surface area contributed by atoms with Crippen LogP contribution in [0, 0.1) is 0 Å². The van der Waals surface area contributed by atoms with Crippen molar-refractivity contribution in [1.29, 1.82) is 0 Å². The van der Waals surface area contributed by atoms with Crippen molar-refractivity contribution in [3.05, 3.63) is 29.8 Å². The number of likely N-dealkylation sites (N-methyl/N-ethyl adjacent to an activating group) is 1. The highest BCUT2D eigenvalue weighted by atomic mass is 16.9. The largest absolute Gasteiger partial charge is 0.369 e. The SMILES string of the molecule is CC1OC(c2ccc(N3CCN(C)CC3)cc2)O1. The van der Waals surface area contributed by atoms with Crippen molar-refractivity contribution in [1.82, 2.24) is 4.90 Å². The Morgan fingerprint density at radius 1 is 1.00 bits per heavy atom. The Hall–Kier alpha value is -1.10. The average molecular weight is 248 g/mol. The van der Waals surface area contributed by atoms with Crippen LogP contribution in [-0.4, -0.2) is 44.4 Å². The highest BCUT2D eigenvalue weighted by molar-refractivity contribution is 5.48. The lowest BCUT2D eigenvalue weighted by Gasteiger charge is -2.35. The number of ether oxygens (including phenoxy) is 2. The molecule has 0 bridgehead atoms. The molecule has 2 aliphatic rings. The lowest BCUT2D eigenvalue weighted by atomic mass is 10.1. The number of nitrogens with zero attached hydrogens (tertiary/aromatic N) is 2. The number of hydrogen-bond acceptors (Lipinski definition) is 4. The molecule has 2 saturated heterocycles. The smallest absolute Gasteiger partial charge is 0.189 e. The van der Waals surface area contributed by atoms with Crippen molar-refractivity contribution in [2.24, 2.45) is 0 Å². The number of anilines is 1. The Balaban J connectivity index is 1.64. The molecule has 0 aliphatic carbocycles. The van der Waals surface area contributed by atoms with Gasteiger partial charge in [0.15, 0.2) is 12.6 Å². The van der Waals surface area contributed by atoms with Gasteiger partial charge in [0.05, 0.1) is 0 Å². The molecule has 4 nitrogen and oxygen atoms in total. The number of rotatable bonds is 2. The fourth-order valence-electron chi connectivity index (χ4n) is 2.42. The van der Waals surface area contributed by atoms with Gasteiger partial charge in [-0.05, 0) is 26.1 Å². The third-order valence-corrected chi connectivity index (χ3v) is 3.66. The van der Waals surface area contributed by atoms with E-state index >= 15 is 0 Å². The molecule has 0 N–H and O–H groups in total. The van der Waals surface area contributed by atoms with Crippen LogP contribution in [0.1, 0.15) is 18.8 Å². The molecule has 0 aromatic heterocycles. The van der Waals surface area contributed by atoms with Gasteiger partial charge >= 0.3 is 0 Å². The maximum atomic E-state index is 5.48. The second-order valence-electron chi connectivity index (χ2n) is 5.05. The molecule has 0 atom stereocenters. The zero-order valence-electron chi connectivity index (χ0n) is 11.0. The molecule has 4 heteroatoms. The molecule has 2 fully saturated rings. The molecule has 0 saturated carbocycles. The normalized spacial score (nSPS) is 29.1. The van der Waals surface area contributed by atoms with Gasteiger partial charge in [-0.2, -0.15) is 0 Å². The van der Waals surface area contributed by atoms with Crippen LogP contribution in [0.2, 0.25) is 0 Å². The summed E-state index contributed by atoms with van der Waals surface area (Å²) in [5.41, 5.74) is 2.39. The van der Waals surface area contributed by atoms with E-state index < -0.39 is 0 Å². The van der Waals surface area contributed by atoms with Gasteiger partial charge in [-0.3, -0.25) is 0 Å². The number of hydrogen-bond donors (Lipinski definition) is 0. The first-order chi connectivity index (χ1) is 8.72. The third-order valence-electron chi connectivity index (χ3n) is 3.66. The van der Waals surface area contributed by atoms with Crippen LogP contribution >= 0.6 is 0 Å². The van der Waals surface area contributed by atoms with Crippen molar-refractivity contribution >= 4 is 5.69 Å². The van der Waals surface area contributed by atoms with E-state index in [-0.39, 0.29) is 12.6 Å². The summed E-state index contributed by atoms with van der Waals surface area (Å²) in [4.78, 5) is 4.79. The summed E-state index contributed by atoms with van der Waals surface area (Å²) >= 11 is 0. The lowest BCUT2D eigenvalue weighted by Crippen LogP contribution is -2.44. The van der Waals surface area contributed by atoms with Gasteiger partial charge in [0.25, 0.3) is 0 Å². The minimum absolute atomic E-state index is 0.0627. The molecule has 0 unspecified atom stereocenters. The van der Waals surface area contributed by atoms with Crippen molar-refractivity contribution in [2.75, 3.05) is 38.1 Å². The van der Waals surface area contributed by atoms with Crippen molar-refractivity contribution in [3.63, 3.8) is 0 Å². The van der Waals surface area contributed by atoms with Crippen LogP contribution in [0.25, 0.3) is 0 Å². The molecule has 0 radical (unpaired) electrons. The zero-order valence-corrected chi connectivity index (χ0v) is 11.0. The van der Waals surface area contributed by atoms with E-state index in [0.717, 1.165) is 31.7 Å². The quantitative estimate of drug-likeness (QED) is 0.797. The van der Waals surface area contributed by atoms with Crippen molar-refractivity contribution in [3.8, 4) is 0 Å². The third kappa shape index (κ3) is 2.36. The molecule has 98 valence electrons. The topological polar surface area (TPSA) is 24.9 Å². The van der Waals surface area contributed by atoms with Gasteiger partial charge in [-0.1, -0.05) is 12.1 Å². The lowest BCUT2D eigenvalue weighted by molar-refractivity contribution is -0.382. The molecular formula is C14H20N2O2. The zero-order chi connectivity index (χ0) is 12.5. The van der Waals surface area contributed by atoms with Crippen molar-refractivity contribution < 1.29 is 9.47 Å². The summed E-state index contributed by atoms with van der Waals surface area (Å²) in [5.74, 6) is 0. The molecular weight excluding hydrogens is 228 g/mol. The Morgan fingerprint density at radius 2 is 1.61 bits per heavy atom.